The molecule has 124 valence electrons. The lowest BCUT2D eigenvalue weighted by atomic mass is 9.99. The van der Waals surface area contributed by atoms with Crippen molar-refractivity contribution in [1.29, 1.82) is 0 Å². The molecule has 24 heavy (non-hydrogen) atoms. The van der Waals surface area contributed by atoms with Crippen molar-refractivity contribution >= 4 is 17.3 Å². The van der Waals surface area contributed by atoms with Crippen LogP contribution >= 0.6 is 0 Å². The van der Waals surface area contributed by atoms with Crippen molar-refractivity contribution in [3.63, 3.8) is 0 Å². The second-order valence-electron chi connectivity index (χ2n) is 6.94. The van der Waals surface area contributed by atoms with Crippen LogP contribution in [0.2, 0.25) is 0 Å². The molecular weight excluding hydrogens is 298 g/mol. The number of anilines is 2. The first-order valence-corrected chi connectivity index (χ1v) is 8.82. The molecule has 0 aliphatic carbocycles. The smallest absolute Gasteiger partial charge is 0.259 e. The Morgan fingerprint density at radius 2 is 1.92 bits per heavy atom. The standard InChI is InChI=1S/C20H23N3O/c1-15-6-9-22(10-7-15)18-12-17(13-21-14-18)20(24)23-11-8-16-4-2-3-5-19(16)23/h2-5,12-15H,6-11H2,1H3. The second-order valence-corrected chi connectivity index (χ2v) is 6.94. The molecule has 2 aliphatic rings. The van der Waals surface area contributed by atoms with Gasteiger partial charge in [-0.3, -0.25) is 9.78 Å². The molecule has 2 aromatic rings. The van der Waals surface area contributed by atoms with Gasteiger partial charge in [-0.1, -0.05) is 25.1 Å². The number of piperidine rings is 1. The third kappa shape index (κ3) is 2.77. The molecule has 0 radical (unpaired) electrons. The lowest BCUT2D eigenvalue weighted by Gasteiger charge is -2.32. The third-order valence-corrected chi connectivity index (χ3v) is 5.25. The van der Waals surface area contributed by atoms with Gasteiger partial charge in [0.15, 0.2) is 0 Å². The fourth-order valence-corrected chi connectivity index (χ4v) is 3.69. The minimum absolute atomic E-state index is 0.0553. The molecule has 0 spiro atoms. The Hall–Kier alpha value is -2.36. The van der Waals surface area contributed by atoms with Crippen LogP contribution in [0.1, 0.15) is 35.7 Å². The third-order valence-electron chi connectivity index (χ3n) is 5.25. The molecule has 0 N–H and O–H groups in total. The van der Waals surface area contributed by atoms with Crippen molar-refractivity contribution in [3.8, 4) is 0 Å². The fraction of sp³-hybridized carbons (Fsp3) is 0.400. The number of amides is 1. The lowest BCUT2D eigenvalue weighted by Crippen LogP contribution is -2.33. The van der Waals surface area contributed by atoms with Crippen LogP contribution in [-0.4, -0.2) is 30.5 Å². The first kappa shape index (κ1) is 15.2. The van der Waals surface area contributed by atoms with Gasteiger partial charge in [0.1, 0.15) is 0 Å². The van der Waals surface area contributed by atoms with Gasteiger partial charge in [0.2, 0.25) is 0 Å². The quantitative estimate of drug-likeness (QED) is 0.849. The number of carbonyl (C=O) groups is 1. The molecule has 3 heterocycles. The average molecular weight is 321 g/mol. The molecule has 2 aliphatic heterocycles. The van der Waals surface area contributed by atoms with Gasteiger partial charge >= 0.3 is 0 Å². The van der Waals surface area contributed by atoms with Crippen LogP contribution < -0.4 is 9.80 Å². The Bertz CT molecular complexity index is 750. The molecule has 0 saturated carbocycles. The molecule has 0 atom stereocenters. The van der Waals surface area contributed by atoms with Crippen LogP contribution in [0.25, 0.3) is 0 Å². The maximum Gasteiger partial charge on any atom is 0.259 e. The molecule has 1 fully saturated rings. The van der Waals surface area contributed by atoms with Crippen molar-refractivity contribution in [2.75, 3.05) is 29.4 Å². The summed E-state index contributed by atoms with van der Waals surface area (Å²) in [6.07, 6.45) is 6.92. The number of pyridine rings is 1. The highest BCUT2D eigenvalue weighted by Gasteiger charge is 2.26. The van der Waals surface area contributed by atoms with Crippen molar-refractivity contribution in [1.82, 2.24) is 4.98 Å². The van der Waals surface area contributed by atoms with Gasteiger partial charge in [0.25, 0.3) is 5.91 Å². The predicted octanol–water partition coefficient (Wildman–Crippen LogP) is 3.52. The zero-order valence-corrected chi connectivity index (χ0v) is 14.1. The second kappa shape index (κ2) is 6.27. The molecule has 1 saturated heterocycles. The van der Waals surface area contributed by atoms with Gasteiger partial charge in [0, 0.05) is 31.5 Å². The maximum atomic E-state index is 13.0. The largest absolute Gasteiger partial charge is 0.370 e. The van der Waals surface area contributed by atoms with E-state index in [1.54, 1.807) is 6.20 Å². The maximum absolute atomic E-state index is 13.0. The van der Waals surface area contributed by atoms with Crippen molar-refractivity contribution < 1.29 is 4.79 Å². The van der Waals surface area contributed by atoms with Gasteiger partial charge < -0.3 is 9.80 Å². The Morgan fingerprint density at radius 1 is 1.12 bits per heavy atom. The Balaban J connectivity index is 1.57. The van der Waals surface area contributed by atoms with E-state index < -0.39 is 0 Å². The average Bonchev–Trinajstić information content (AvgIpc) is 3.06. The highest BCUT2D eigenvalue weighted by atomic mass is 16.2. The number of carbonyl (C=O) groups excluding carboxylic acids is 1. The normalized spacial score (nSPS) is 17.9. The van der Waals surface area contributed by atoms with Crippen molar-refractivity contribution in [2.24, 2.45) is 5.92 Å². The number of hydrogen-bond acceptors (Lipinski definition) is 3. The van der Waals surface area contributed by atoms with E-state index in [0.717, 1.165) is 43.3 Å². The summed E-state index contributed by atoms with van der Waals surface area (Å²) >= 11 is 0. The molecule has 4 rings (SSSR count). The molecular formula is C20H23N3O. The van der Waals surface area contributed by atoms with E-state index in [9.17, 15) is 4.79 Å². The monoisotopic (exact) mass is 321 g/mol. The van der Waals surface area contributed by atoms with Gasteiger partial charge in [0.05, 0.1) is 17.4 Å². The van der Waals surface area contributed by atoms with Gasteiger partial charge in [-0.25, -0.2) is 0 Å². The highest BCUT2D eigenvalue weighted by molar-refractivity contribution is 6.07. The summed E-state index contributed by atoms with van der Waals surface area (Å²) in [6, 6.07) is 10.2. The number of benzene rings is 1. The molecule has 1 aromatic carbocycles. The number of hydrogen-bond donors (Lipinski definition) is 0. The van der Waals surface area contributed by atoms with E-state index in [1.165, 1.54) is 18.4 Å². The summed E-state index contributed by atoms with van der Waals surface area (Å²) < 4.78 is 0. The number of fused-ring (bicyclic) bond motifs is 1. The minimum Gasteiger partial charge on any atom is -0.370 e. The molecule has 4 heteroatoms. The SMILES string of the molecule is CC1CCN(c2cncc(C(=O)N3CCc4ccccc43)c2)CC1. The zero-order valence-electron chi connectivity index (χ0n) is 14.1. The summed E-state index contributed by atoms with van der Waals surface area (Å²) in [6.45, 7) is 5.16. The van der Waals surface area contributed by atoms with E-state index in [2.05, 4.69) is 22.9 Å². The van der Waals surface area contributed by atoms with E-state index >= 15 is 0 Å². The summed E-state index contributed by atoms with van der Waals surface area (Å²) in [5, 5.41) is 0. The molecule has 0 unspecified atom stereocenters. The molecule has 4 nitrogen and oxygen atoms in total. The van der Waals surface area contributed by atoms with E-state index in [4.69, 9.17) is 0 Å². The van der Waals surface area contributed by atoms with Gasteiger partial charge in [-0.15, -0.1) is 0 Å². The predicted molar refractivity (Wildman–Crippen MR) is 96.7 cm³/mol. The van der Waals surface area contributed by atoms with Gasteiger partial charge in [-0.2, -0.15) is 0 Å². The van der Waals surface area contributed by atoms with Gasteiger partial charge in [-0.05, 0) is 42.9 Å². The fourth-order valence-electron chi connectivity index (χ4n) is 3.69. The van der Waals surface area contributed by atoms with Crippen molar-refractivity contribution in [3.05, 3.63) is 53.9 Å². The zero-order chi connectivity index (χ0) is 16.5. The molecule has 1 aromatic heterocycles. The summed E-state index contributed by atoms with van der Waals surface area (Å²) in [7, 11) is 0. The number of nitrogens with zero attached hydrogens (tertiary/aromatic N) is 3. The summed E-state index contributed by atoms with van der Waals surface area (Å²) in [5.74, 6) is 0.847. The van der Waals surface area contributed by atoms with E-state index in [1.807, 2.05) is 35.4 Å². The molecule has 0 bridgehead atoms. The summed E-state index contributed by atoms with van der Waals surface area (Å²) in [5.41, 5.74) is 4.04. The number of para-hydroxylation sites is 1. The minimum atomic E-state index is 0.0553. The molecule has 1 amide bonds. The Kier molecular flexibility index (Phi) is 3.97. The van der Waals surface area contributed by atoms with Crippen LogP contribution in [-0.2, 0) is 6.42 Å². The van der Waals surface area contributed by atoms with Crippen LogP contribution in [0.15, 0.2) is 42.7 Å². The van der Waals surface area contributed by atoms with Crippen LogP contribution in [0.4, 0.5) is 11.4 Å². The lowest BCUT2D eigenvalue weighted by molar-refractivity contribution is 0.0989. The summed E-state index contributed by atoms with van der Waals surface area (Å²) in [4.78, 5) is 21.5. The first-order valence-electron chi connectivity index (χ1n) is 8.82. The Morgan fingerprint density at radius 3 is 2.75 bits per heavy atom. The van der Waals surface area contributed by atoms with Crippen LogP contribution in [0.5, 0.6) is 0 Å². The van der Waals surface area contributed by atoms with E-state index in [-0.39, 0.29) is 5.91 Å². The number of aromatic nitrogens is 1. The topological polar surface area (TPSA) is 36.4 Å². The van der Waals surface area contributed by atoms with Crippen molar-refractivity contribution in [2.45, 2.75) is 26.2 Å². The van der Waals surface area contributed by atoms with Crippen LogP contribution in [0, 0.1) is 5.92 Å². The van der Waals surface area contributed by atoms with E-state index in [0.29, 0.717) is 5.56 Å². The van der Waals surface area contributed by atoms with Crippen LogP contribution in [0.3, 0.4) is 0 Å². The Labute approximate surface area is 143 Å². The highest BCUT2D eigenvalue weighted by Crippen LogP contribution is 2.29. The first-order chi connectivity index (χ1) is 11.7. The number of rotatable bonds is 2.